The number of anilines is 1. The van der Waals surface area contributed by atoms with Crippen molar-refractivity contribution >= 4 is 39.2 Å². The van der Waals surface area contributed by atoms with Gasteiger partial charge in [0.15, 0.2) is 0 Å². The molecule has 0 unspecified atom stereocenters. The van der Waals surface area contributed by atoms with E-state index >= 15 is 0 Å². The van der Waals surface area contributed by atoms with Gasteiger partial charge in [-0.1, -0.05) is 11.6 Å². The number of rotatable bonds is 5. The zero-order chi connectivity index (χ0) is 18.6. The van der Waals surface area contributed by atoms with Crippen LogP contribution >= 0.6 is 11.6 Å². The first-order valence-corrected chi connectivity index (χ1v) is 8.45. The van der Waals surface area contributed by atoms with Crippen LogP contribution < -0.4 is 10.6 Å². The lowest BCUT2D eigenvalue weighted by Gasteiger charge is -2.09. The minimum atomic E-state index is -4.80. The molecule has 2 aromatic carbocycles. The number of hydrogen-bond acceptors (Lipinski definition) is 5. The van der Waals surface area contributed by atoms with Crippen molar-refractivity contribution in [2.45, 2.75) is 11.4 Å². The molecule has 8 nitrogen and oxygen atoms in total. The highest BCUT2D eigenvalue weighted by Crippen LogP contribution is 2.22. The predicted molar refractivity (Wildman–Crippen MR) is 88.7 cm³/mol. The largest absolute Gasteiger partial charge is 0.334 e. The fourth-order valence-corrected chi connectivity index (χ4v) is 2.55. The standard InChI is InChI=1S/C14H11ClFN3O5S/c15-13-7-11(19(21)22)4-1-9(13)8-17-14(20)18-10-2-5-12(6-3-10)25(16,23)24/h1-7H,8H2,(H2,17,18,20). The summed E-state index contributed by atoms with van der Waals surface area (Å²) >= 11 is 5.91. The van der Waals surface area contributed by atoms with Crippen LogP contribution in [0.15, 0.2) is 47.4 Å². The molecule has 2 amide bonds. The maximum atomic E-state index is 12.8. The van der Waals surface area contributed by atoms with Crippen molar-refractivity contribution in [1.29, 1.82) is 0 Å². The maximum Gasteiger partial charge on any atom is 0.332 e. The van der Waals surface area contributed by atoms with Crippen molar-refractivity contribution in [3.8, 4) is 0 Å². The molecule has 2 aromatic rings. The normalized spacial score (nSPS) is 11.0. The van der Waals surface area contributed by atoms with Crippen LogP contribution in [0.4, 0.5) is 20.1 Å². The Labute approximate surface area is 147 Å². The fourth-order valence-electron chi connectivity index (χ4n) is 1.84. The van der Waals surface area contributed by atoms with E-state index in [9.17, 15) is 27.2 Å². The summed E-state index contributed by atoms with van der Waals surface area (Å²) in [6, 6.07) is 7.71. The Morgan fingerprint density at radius 1 is 1.20 bits per heavy atom. The highest BCUT2D eigenvalue weighted by Gasteiger charge is 2.12. The van der Waals surface area contributed by atoms with E-state index in [1.165, 1.54) is 30.3 Å². The minimum absolute atomic E-state index is 0.0135. The molecule has 0 saturated heterocycles. The molecule has 0 aromatic heterocycles. The van der Waals surface area contributed by atoms with E-state index in [2.05, 4.69) is 10.6 Å². The van der Waals surface area contributed by atoms with Crippen LogP contribution in [-0.2, 0) is 16.8 Å². The van der Waals surface area contributed by atoms with Gasteiger partial charge in [-0.25, -0.2) is 4.79 Å². The second-order valence-electron chi connectivity index (χ2n) is 4.80. The molecular formula is C14H11ClFN3O5S. The number of carbonyl (C=O) groups is 1. The molecule has 0 aliphatic carbocycles. The van der Waals surface area contributed by atoms with Crippen LogP contribution in [0.2, 0.25) is 5.02 Å². The molecule has 0 aliphatic heterocycles. The maximum absolute atomic E-state index is 12.8. The second-order valence-corrected chi connectivity index (χ2v) is 6.56. The van der Waals surface area contributed by atoms with Gasteiger partial charge in [0.2, 0.25) is 0 Å². The van der Waals surface area contributed by atoms with E-state index in [1.807, 2.05) is 0 Å². The number of carbonyl (C=O) groups excluding carboxylic acids is 1. The number of nitrogens with one attached hydrogen (secondary N) is 2. The molecule has 0 radical (unpaired) electrons. The van der Waals surface area contributed by atoms with E-state index in [1.54, 1.807) is 0 Å². The highest BCUT2D eigenvalue weighted by molar-refractivity contribution is 7.86. The molecular weight excluding hydrogens is 377 g/mol. The molecule has 11 heteroatoms. The molecule has 0 bridgehead atoms. The molecule has 0 atom stereocenters. The molecule has 2 N–H and O–H groups in total. The first kappa shape index (κ1) is 18.6. The Morgan fingerprint density at radius 3 is 2.36 bits per heavy atom. The molecule has 0 spiro atoms. The number of amides is 2. The van der Waals surface area contributed by atoms with Gasteiger partial charge in [-0.05, 0) is 35.9 Å². The molecule has 0 aliphatic rings. The van der Waals surface area contributed by atoms with Crippen molar-refractivity contribution in [1.82, 2.24) is 5.32 Å². The van der Waals surface area contributed by atoms with Crippen LogP contribution in [-0.4, -0.2) is 19.4 Å². The summed E-state index contributed by atoms with van der Waals surface area (Å²) in [5.74, 6) is 0. The summed E-state index contributed by atoms with van der Waals surface area (Å²) < 4.78 is 34.2. The number of halogens is 2. The number of hydrogen-bond donors (Lipinski definition) is 2. The number of benzene rings is 2. The van der Waals surface area contributed by atoms with E-state index < -0.39 is 26.1 Å². The smallest absolute Gasteiger partial charge is 0.332 e. The lowest BCUT2D eigenvalue weighted by molar-refractivity contribution is -0.384. The number of non-ortho nitro benzene ring substituents is 1. The zero-order valence-electron chi connectivity index (χ0n) is 12.4. The minimum Gasteiger partial charge on any atom is -0.334 e. The monoisotopic (exact) mass is 387 g/mol. The average molecular weight is 388 g/mol. The van der Waals surface area contributed by atoms with Crippen molar-refractivity contribution in [2.75, 3.05) is 5.32 Å². The molecule has 25 heavy (non-hydrogen) atoms. The Hall–Kier alpha value is -2.72. The van der Waals surface area contributed by atoms with Crippen LogP contribution in [0.25, 0.3) is 0 Å². The van der Waals surface area contributed by atoms with Gasteiger partial charge >= 0.3 is 16.3 Å². The van der Waals surface area contributed by atoms with E-state index in [4.69, 9.17) is 11.6 Å². The Kier molecular flexibility index (Phi) is 5.55. The quantitative estimate of drug-likeness (QED) is 0.464. The van der Waals surface area contributed by atoms with Gasteiger partial charge in [0, 0.05) is 24.4 Å². The third-order valence-corrected chi connectivity index (χ3v) is 4.27. The van der Waals surface area contributed by atoms with E-state index in [0.717, 1.165) is 12.1 Å². The van der Waals surface area contributed by atoms with Gasteiger partial charge in [-0.15, -0.1) is 3.89 Å². The molecule has 0 heterocycles. The summed E-state index contributed by atoms with van der Waals surface area (Å²) in [4.78, 5) is 21.3. The number of urea groups is 1. The van der Waals surface area contributed by atoms with Gasteiger partial charge in [0.05, 0.1) is 14.8 Å². The summed E-state index contributed by atoms with van der Waals surface area (Å²) in [6.45, 7) is 0.0135. The van der Waals surface area contributed by atoms with Crippen LogP contribution in [0.5, 0.6) is 0 Å². The summed E-state index contributed by atoms with van der Waals surface area (Å²) in [7, 11) is -4.80. The zero-order valence-corrected chi connectivity index (χ0v) is 14.0. The van der Waals surface area contributed by atoms with E-state index in [-0.39, 0.29) is 22.9 Å². The summed E-state index contributed by atoms with van der Waals surface area (Å²) in [5, 5.41) is 15.7. The fraction of sp³-hybridized carbons (Fsp3) is 0.0714. The topological polar surface area (TPSA) is 118 Å². The Bertz CT molecular complexity index is 919. The van der Waals surface area contributed by atoms with Crippen molar-refractivity contribution in [3.05, 3.63) is 63.2 Å². The SMILES string of the molecule is O=C(NCc1ccc([N+](=O)[O-])cc1Cl)Nc1ccc(S(=O)(=O)F)cc1. The van der Waals surface area contributed by atoms with Crippen molar-refractivity contribution in [3.63, 3.8) is 0 Å². The summed E-state index contributed by atoms with van der Waals surface area (Å²) in [6.07, 6.45) is 0. The molecule has 132 valence electrons. The van der Waals surface area contributed by atoms with Gasteiger partial charge in [0.1, 0.15) is 0 Å². The first-order valence-electron chi connectivity index (χ1n) is 6.69. The van der Waals surface area contributed by atoms with Crippen molar-refractivity contribution in [2.24, 2.45) is 0 Å². The lowest BCUT2D eigenvalue weighted by Crippen LogP contribution is -2.28. The van der Waals surface area contributed by atoms with Crippen LogP contribution in [0.3, 0.4) is 0 Å². The van der Waals surface area contributed by atoms with Crippen molar-refractivity contribution < 1.29 is 22.0 Å². The van der Waals surface area contributed by atoms with Gasteiger partial charge in [-0.2, -0.15) is 8.42 Å². The number of nitro benzene ring substituents is 1. The number of nitro groups is 1. The van der Waals surface area contributed by atoms with Gasteiger partial charge < -0.3 is 10.6 Å². The molecule has 0 saturated carbocycles. The Morgan fingerprint density at radius 2 is 1.84 bits per heavy atom. The number of nitrogens with zero attached hydrogens (tertiary/aromatic N) is 1. The molecule has 0 fully saturated rings. The Balaban J connectivity index is 1.96. The first-order chi connectivity index (χ1) is 11.7. The third kappa shape index (κ3) is 5.13. The predicted octanol–water partition coefficient (Wildman–Crippen LogP) is 3.23. The third-order valence-electron chi connectivity index (χ3n) is 3.08. The van der Waals surface area contributed by atoms with Gasteiger partial charge in [-0.3, -0.25) is 10.1 Å². The average Bonchev–Trinajstić information content (AvgIpc) is 2.53. The lowest BCUT2D eigenvalue weighted by atomic mass is 10.2. The highest BCUT2D eigenvalue weighted by atomic mass is 35.5. The van der Waals surface area contributed by atoms with Crippen LogP contribution in [0.1, 0.15) is 5.56 Å². The van der Waals surface area contributed by atoms with E-state index in [0.29, 0.717) is 5.56 Å². The summed E-state index contributed by atoms with van der Waals surface area (Å²) in [5.41, 5.74) is 0.557. The molecule has 2 rings (SSSR count). The van der Waals surface area contributed by atoms with Crippen LogP contribution in [0, 0.1) is 10.1 Å². The van der Waals surface area contributed by atoms with Gasteiger partial charge in [0.25, 0.3) is 5.69 Å². The second kappa shape index (κ2) is 7.45.